The highest BCUT2D eigenvalue weighted by molar-refractivity contribution is 6.65. The molecule has 38 heavy (non-hydrogen) atoms. The van der Waals surface area contributed by atoms with E-state index in [1.54, 1.807) is 0 Å². The van der Waals surface area contributed by atoms with Gasteiger partial charge in [0.1, 0.15) is 0 Å². The Labute approximate surface area is 224 Å². The SMILES string of the molecule is CC1(C)OB(c2cc3c(c4ccccc24)-c2ccccc2C3(c2ccccc2)c2cccnc2)OC1(C)C. The Morgan fingerprint density at radius 2 is 1.26 bits per heavy atom. The number of hydrogen-bond donors (Lipinski definition) is 0. The third-order valence-electron chi connectivity index (χ3n) is 8.89. The fourth-order valence-electron chi connectivity index (χ4n) is 6.39. The number of rotatable bonds is 3. The summed E-state index contributed by atoms with van der Waals surface area (Å²) in [6.45, 7) is 8.45. The smallest absolute Gasteiger partial charge is 0.399 e. The molecule has 1 aliphatic carbocycles. The van der Waals surface area contributed by atoms with Crippen molar-refractivity contribution < 1.29 is 9.31 Å². The van der Waals surface area contributed by atoms with Gasteiger partial charge in [0.2, 0.25) is 0 Å². The number of hydrogen-bond acceptors (Lipinski definition) is 3. The first-order chi connectivity index (χ1) is 18.3. The van der Waals surface area contributed by atoms with Gasteiger partial charge in [-0.25, -0.2) is 0 Å². The lowest BCUT2D eigenvalue weighted by atomic mass is 9.65. The molecule has 2 aliphatic rings. The van der Waals surface area contributed by atoms with Crippen LogP contribution in [0.15, 0.2) is 109 Å². The monoisotopic (exact) mass is 495 g/mol. The molecule has 1 fully saturated rings. The molecule has 3 nitrogen and oxygen atoms in total. The van der Waals surface area contributed by atoms with Gasteiger partial charge in [-0.15, -0.1) is 0 Å². The Bertz CT molecular complexity index is 1620. The van der Waals surface area contributed by atoms with Crippen LogP contribution in [0, 0.1) is 0 Å². The Kier molecular flexibility index (Phi) is 5.01. The van der Waals surface area contributed by atoms with Crippen LogP contribution in [0.3, 0.4) is 0 Å². The highest BCUT2D eigenvalue weighted by atomic mass is 16.7. The molecule has 1 saturated heterocycles. The highest BCUT2D eigenvalue weighted by Crippen LogP contribution is 2.57. The Balaban J connectivity index is 1.63. The summed E-state index contributed by atoms with van der Waals surface area (Å²) in [6, 6.07) is 34.9. The average molecular weight is 495 g/mol. The van der Waals surface area contributed by atoms with Crippen molar-refractivity contribution in [3.05, 3.63) is 132 Å². The van der Waals surface area contributed by atoms with Crippen molar-refractivity contribution in [2.45, 2.75) is 44.3 Å². The molecule has 0 N–H and O–H groups in total. The van der Waals surface area contributed by atoms with E-state index in [1.807, 2.05) is 18.5 Å². The van der Waals surface area contributed by atoms with Crippen LogP contribution in [0.5, 0.6) is 0 Å². The van der Waals surface area contributed by atoms with E-state index < -0.39 is 23.7 Å². The second kappa shape index (κ2) is 8.13. The van der Waals surface area contributed by atoms with Gasteiger partial charge in [-0.3, -0.25) is 4.98 Å². The van der Waals surface area contributed by atoms with Crippen LogP contribution in [0.1, 0.15) is 49.9 Å². The zero-order valence-electron chi connectivity index (χ0n) is 22.2. The van der Waals surface area contributed by atoms with Gasteiger partial charge in [-0.05, 0) is 83.4 Å². The molecular formula is C34H30BNO2. The first kappa shape index (κ1) is 23.4. The van der Waals surface area contributed by atoms with Gasteiger partial charge in [0.05, 0.1) is 16.6 Å². The predicted molar refractivity (Wildman–Crippen MR) is 155 cm³/mol. The van der Waals surface area contributed by atoms with Crippen LogP contribution < -0.4 is 5.46 Å². The Morgan fingerprint density at radius 3 is 1.97 bits per heavy atom. The first-order valence-corrected chi connectivity index (χ1v) is 13.3. The maximum Gasteiger partial charge on any atom is 0.495 e. The first-order valence-electron chi connectivity index (χ1n) is 13.3. The number of benzene rings is 4. The van der Waals surface area contributed by atoms with Gasteiger partial charge >= 0.3 is 7.12 Å². The molecular weight excluding hydrogens is 465 g/mol. The standard InChI is InChI=1S/C34H30BNO2/c1-32(2)33(3,4)38-35(37-32)30-21-29-31(26-17-9-8-16-25(26)30)27-18-10-11-19-28(27)34(29,23-13-6-5-7-14-23)24-15-12-20-36-22-24/h5-22H,1-4H3. The second-order valence-corrected chi connectivity index (χ2v) is 11.4. The molecule has 1 aliphatic heterocycles. The molecule has 1 unspecified atom stereocenters. The molecule has 5 aromatic rings. The van der Waals surface area contributed by atoms with Crippen molar-refractivity contribution in [2.75, 3.05) is 0 Å². The van der Waals surface area contributed by atoms with Crippen LogP contribution in [0.25, 0.3) is 21.9 Å². The summed E-state index contributed by atoms with van der Waals surface area (Å²) in [4.78, 5) is 4.60. The molecule has 1 aromatic heterocycles. The quantitative estimate of drug-likeness (QED) is 0.251. The van der Waals surface area contributed by atoms with Gasteiger partial charge in [0, 0.05) is 12.4 Å². The van der Waals surface area contributed by atoms with Crippen LogP contribution >= 0.6 is 0 Å². The minimum Gasteiger partial charge on any atom is -0.399 e. The third-order valence-corrected chi connectivity index (χ3v) is 8.89. The Morgan fingerprint density at radius 1 is 0.632 bits per heavy atom. The zero-order chi connectivity index (χ0) is 26.1. The lowest BCUT2D eigenvalue weighted by Crippen LogP contribution is -2.41. The molecule has 7 rings (SSSR count). The van der Waals surface area contributed by atoms with E-state index in [-0.39, 0.29) is 0 Å². The molecule has 0 bridgehead atoms. The minimum atomic E-state index is -0.524. The van der Waals surface area contributed by atoms with Gasteiger partial charge in [0.15, 0.2) is 0 Å². The molecule has 0 saturated carbocycles. The summed E-state index contributed by atoms with van der Waals surface area (Å²) in [6.07, 6.45) is 3.86. The molecule has 1 atom stereocenters. The van der Waals surface area contributed by atoms with Gasteiger partial charge < -0.3 is 9.31 Å². The summed E-state index contributed by atoms with van der Waals surface area (Å²) in [5.41, 5.74) is 7.07. The normalized spacial score (nSPS) is 20.9. The predicted octanol–water partition coefficient (Wildman–Crippen LogP) is 6.90. The number of aromatic nitrogens is 1. The topological polar surface area (TPSA) is 31.4 Å². The average Bonchev–Trinajstić information content (AvgIpc) is 3.36. The van der Waals surface area contributed by atoms with E-state index in [4.69, 9.17) is 9.31 Å². The van der Waals surface area contributed by atoms with Crippen molar-refractivity contribution >= 4 is 23.4 Å². The van der Waals surface area contributed by atoms with Crippen molar-refractivity contribution in [1.29, 1.82) is 0 Å². The van der Waals surface area contributed by atoms with Crippen molar-refractivity contribution in [3.63, 3.8) is 0 Å². The van der Waals surface area contributed by atoms with Crippen molar-refractivity contribution in [3.8, 4) is 11.1 Å². The van der Waals surface area contributed by atoms with E-state index in [0.717, 1.165) is 16.4 Å². The maximum absolute atomic E-state index is 6.64. The lowest BCUT2D eigenvalue weighted by Gasteiger charge is -2.34. The van der Waals surface area contributed by atoms with E-state index in [9.17, 15) is 0 Å². The molecule has 186 valence electrons. The molecule has 4 heteroatoms. The summed E-state index contributed by atoms with van der Waals surface area (Å²) in [5.74, 6) is 0. The summed E-state index contributed by atoms with van der Waals surface area (Å²) in [7, 11) is -0.471. The van der Waals surface area contributed by atoms with Gasteiger partial charge in [-0.1, -0.05) is 91.0 Å². The molecule has 0 amide bonds. The van der Waals surface area contributed by atoms with E-state index in [0.29, 0.717) is 0 Å². The van der Waals surface area contributed by atoms with Gasteiger partial charge in [-0.2, -0.15) is 0 Å². The fraction of sp³-hybridized carbons (Fsp3) is 0.206. The van der Waals surface area contributed by atoms with Gasteiger partial charge in [0.25, 0.3) is 0 Å². The molecule has 0 radical (unpaired) electrons. The second-order valence-electron chi connectivity index (χ2n) is 11.4. The van der Waals surface area contributed by atoms with E-state index in [2.05, 4.69) is 124 Å². The zero-order valence-corrected chi connectivity index (χ0v) is 22.2. The summed E-state index contributed by atoms with van der Waals surface area (Å²) < 4.78 is 13.3. The minimum absolute atomic E-state index is 0.430. The van der Waals surface area contributed by atoms with Crippen LogP contribution in [0.2, 0.25) is 0 Å². The largest absolute Gasteiger partial charge is 0.495 e. The maximum atomic E-state index is 6.64. The Hall–Kier alpha value is -3.73. The molecule has 2 heterocycles. The summed E-state index contributed by atoms with van der Waals surface area (Å²) >= 11 is 0. The third kappa shape index (κ3) is 3.08. The fourth-order valence-corrected chi connectivity index (χ4v) is 6.39. The van der Waals surface area contributed by atoms with Crippen LogP contribution in [-0.4, -0.2) is 23.3 Å². The van der Waals surface area contributed by atoms with E-state index in [1.165, 1.54) is 33.2 Å². The van der Waals surface area contributed by atoms with Crippen LogP contribution in [-0.2, 0) is 14.7 Å². The number of nitrogens with zero attached hydrogens (tertiary/aromatic N) is 1. The van der Waals surface area contributed by atoms with Crippen LogP contribution in [0.4, 0.5) is 0 Å². The summed E-state index contributed by atoms with van der Waals surface area (Å²) in [5, 5.41) is 2.37. The van der Waals surface area contributed by atoms with Crippen molar-refractivity contribution in [2.24, 2.45) is 0 Å². The number of pyridine rings is 1. The molecule has 0 spiro atoms. The highest BCUT2D eigenvalue weighted by Gasteiger charge is 2.53. The lowest BCUT2D eigenvalue weighted by molar-refractivity contribution is 0.00578. The van der Waals surface area contributed by atoms with E-state index >= 15 is 0 Å². The molecule has 4 aromatic carbocycles. The number of fused-ring (bicyclic) bond motifs is 5. The van der Waals surface area contributed by atoms with Crippen molar-refractivity contribution in [1.82, 2.24) is 4.98 Å².